The molecule has 2 aromatic heterocycles. The quantitative estimate of drug-likeness (QED) is 0.544. The second-order valence-corrected chi connectivity index (χ2v) is 7.51. The zero-order chi connectivity index (χ0) is 20.1. The van der Waals surface area contributed by atoms with Gasteiger partial charge in [-0.1, -0.05) is 30.3 Å². The van der Waals surface area contributed by atoms with Gasteiger partial charge in [0, 0.05) is 23.1 Å². The summed E-state index contributed by atoms with van der Waals surface area (Å²) >= 11 is 0. The van der Waals surface area contributed by atoms with Crippen LogP contribution in [-0.2, 0) is 13.0 Å². The van der Waals surface area contributed by atoms with E-state index in [0.717, 1.165) is 28.2 Å². The molecule has 0 N–H and O–H groups in total. The van der Waals surface area contributed by atoms with Crippen molar-refractivity contribution in [1.29, 1.82) is 0 Å². The average Bonchev–Trinajstić information content (AvgIpc) is 3.26. The number of aromatic nitrogens is 5. The van der Waals surface area contributed by atoms with Gasteiger partial charge < -0.3 is 0 Å². The van der Waals surface area contributed by atoms with Gasteiger partial charge in [0.2, 0.25) is 0 Å². The van der Waals surface area contributed by atoms with Crippen molar-refractivity contribution in [3.8, 4) is 11.3 Å². The molecule has 0 bridgehead atoms. The summed E-state index contributed by atoms with van der Waals surface area (Å²) in [5.41, 5.74) is 5.00. The summed E-state index contributed by atoms with van der Waals surface area (Å²) in [6.45, 7) is 6.33. The number of hydrogen-bond donors (Lipinski definition) is 0. The largest absolute Gasteiger partial charge is 0.275 e. The van der Waals surface area contributed by atoms with Crippen LogP contribution >= 0.6 is 0 Å². The van der Waals surface area contributed by atoms with Crippen LogP contribution in [-0.4, -0.2) is 30.4 Å². The minimum atomic E-state index is -0.149. The molecular weight excluding hydrogens is 364 g/mol. The molecule has 0 saturated heterocycles. The van der Waals surface area contributed by atoms with Gasteiger partial charge in [0.15, 0.2) is 11.6 Å². The lowest BCUT2D eigenvalue weighted by atomic mass is 10.0. The van der Waals surface area contributed by atoms with Crippen molar-refractivity contribution in [3.05, 3.63) is 75.6 Å². The maximum absolute atomic E-state index is 13.1. The van der Waals surface area contributed by atoms with E-state index >= 15 is 0 Å². The highest BCUT2D eigenvalue weighted by Crippen LogP contribution is 2.26. The first-order valence-corrected chi connectivity index (χ1v) is 9.56. The minimum absolute atomic E-state index is 0.149. The first-order chi connectivity index (χ1) is 14.0. The monoisotopic (exact) mass is 384 g/mol. The summed E-state index contributed by atoms with van der Waals surface area (Å²) < 4.78 is 3.18. The Bertz CT molecular complexity index is 1360. The number of nitrogens with zero attached hydrogens (tertiary/aromatic N) is 6. The Morgan fingerprint density at radius 3 is 2.55 bits per heavy atom. The SMILES string of the molecule is CC1=Nn2c(nnc2Cn2nc(-c3ccc(C)c(C)c3)c3ccccc3c2=O)C1. The van der Waals surface area contributed by atoms with Gasteiger partial charge in [-0.05, 0) is 44.0 Å². The fourth-order valence-electron chi connectivity index (χ4n) is 3.69. The molecule has 0 atom stereocenters. The Labute approximate surface area is 167 Å². The molecule has 0 fully saturated rings. The van der Waals surface area contributed by atoms with E-state index in [-0.39, 0.29) is 12.1 Å². The van der Waals surface area contributed by atoms with E-state index in [0.29, 0.717) is 17.6 Å². The Hall–Kier alpha value is -3.61. The fourth-order valence-corrected chi connectivity index (χ4v) is 3.69. The molecular formula is C22H20N6O. The Balaban J connectivity index is 1.70. The standard InChI is InChI=1S/C22H20N6O/c1-13-8-9-16(10-14(13)2)21-17-6-4-5-7-18(17)22(29)27(26-21)12-20-24-23-19-11-15(3)25-28(19)20/h4-10H,11-12H2,1-3H3. The van der Waals surface area contributed by atoms with E-state index in [2.05, 4.69) is 41.3 Å². The molecule has 4 aromatic rings. The van der Waals surface area contributed by atoms with Crippen LogP contribution in [0.15, 0.2) is 52.4 Å². The van der Waals surface area contributed by atoms with Gasteiger partial charge in [-0.25, -0.2) is 4.68 Å². The molecule has 0 unspecified atom stereocenters. The van der Waals surface area contributed by atoms with Crippen molar-refractivity contribution in [3.63, 3.8) is 0 Å². The predicted octanol–water partition coefficient (Wildman–Crippen LogP) is 3.10. The molecule has 7 heteroatoms. The summed E-state index contributed by atoms with van der Waals surface area (Å²) in [5, 5.41) is 19.1. The van der Waals surface area contributed by atoms with Gasteiger partial charge >= 0.3 is 0 Å². The van der Waals surface area contributed by atoms with Gasteiger partial charge in [-0.3, -0.25) is 4.79 Å². The summed E-state index contributed by atoms with van der Waals surface area (Å²) in [6, 6.07) is 13.8. The second kappa shape index (κ2) is 6.48. The van der Waals surface area contributed by atoms with E-state index in [4.69, 9.17) is 5.10 Å². The molecule has 0 aliphatic carbocycles. The zero-order valence-electron chi connectivity index (χ0n) is 16.5. The zero-order valence-corrected chi connectivity index (χ0v) is 16.5. The summed E-state index contributed by atoms with van der Waals surface area (Å²) in [4.78, 5) is 13.1. The number of fused-ring (bicyclic) bond motifs is 2. The Morgan fingerprint density at radius 2 is 1.76 bits per heavy atom. The average molecular weight is 384 g/mol. The van der Waals surface area contributed by atoms with Crippen molar-refractivity contribution in [2.75, 3.05) is 0 Å². The molecule has 0 spiro atoms. The van der Waals surface area contributed by atoms with Crippen molar-refractivity contribution < 1.29 is 0 Å². The van der Waals surface area contributed by atoms with E-state index in [1.54, 1.807) is 4.68 Å². The van der Waals surface area contributed by atoms with Crippen molar-refractivity contribution in [2.45, 2.75) is 33.7 Å². The second-order valence-electron chi connectivity index (χ2n) is 7.51. The first kappa shape index (κ1) is 17.5. The normalized spacial score (nSPS) is 13.0. The van der Waals surface area contributed by atoms with Gasteiger partial charge in [-0.15, -0.1) is 10.2 Å². The molecule has 0 amide bonds. The van der Waals surface area contributed by atoms with Crippen LogP contribution in [0.1, 0.15) is 29.7 Å². The van der Waals surface area contributed by atoms with E-state index < -0.39 is 0 Å². The van der Waals surface area contributed by atoms with Crippen LogP contribution in [0.3, 0.4) is 0 Å². The Kier molecular flexibility index (Phi) is 3.91. The van der Waals surface area contributed by atoms with Gasteiger partial charge in [-0.2, -0.15) is 14.9 Å². The third kappa shape index (κ3) is 2.86. The summed E-state index contributed by atoms with van der Waals surface area (Å²) in [6.07, 6.45) is 0.681. The molecule has 1 aliphatic heterocycles. The molecule has 29 heavy (non-hydrogen) atoms. The fraction of sp³-hybridized carbons (Fsp3) is 0.227. The molecule has 5 rings (SSSR count). The predicted molar refractivity (Wildman–Crippen MR) is 112 cm³/mol. The molecule has 2 aromatic carbocycles. The van der Waals surface area contributed by atoms with E-state index in [9.17, 15) is 4.79 Å². The van der Waals surface area contributed by atoms with E-state index in [1.807, 2.05) is 37.3 Å². The van der Waals surface area contributed by atoms with E-state index in [1.165, 1.54) is 15.8 Å². The van der Waals surface area contributed by atoms with Crippen LogP contribution in [0, 0.1) is 13.8 Å². The van der Waals surface area contributed by atoms with Crippen molar-refractivity contribution in [1.82, 2.24) is 24.7 Å². The van der Waals surface area contributed by atoms with Gasteiger partial charge in [0.1, 0.15) is 6.54 Å². The smallest absolute Gasteiger partial charge is 0.267 e. The van der Waals surface area contributed by atoms with Gasteiger partial charge in [0.25, 0.3) is 5.56 Å². The van der Waals surface area contributed by atoms with Crippen molar-refractivity contribution >= 4 is 16.5 Å². The molecule has 1 aliphatic rings. The highest BCUT2D eigenvalue weighted by molar-refractivity contribution is 5.93. The molecule has 144 valence electrons. The Morgan fingerprint density at radius 1 is 0.966 bits per heavy atom. The number of hydrogen-bond acceptors (Lipinski definition) is 5. The highest BCUT2D eigenvalue weighted by Gasteiger charge is 2.20. The highest BCUT2D eigenvalue weighted by atomic mass is 16.1. The van der Waals surface area contributed by atoms with Crippen LogP contribution < -0.4 is 5.56 Å². The summed E-state index contributed by atoms with van der Waals surface area (Å²) in [7, 11) is 0. The number of rotatable bonds is 3. The van der Waals surface area contributed by atoms with Gasteiger partial charge in [0.05, 0.1) is 11.1 Å². The molecule has 0 radical (unpaired) electrons. The first-order valence-electron chi connectivity index (χ1n) is 9.56. The third-order valence-electron chi connectivity index (χ3n) is 5.39. The maximum atomic E-state index is 13.1. The van der Waals surface area contributed by atoms with Crippen LogP contribution in [0.5, 0.6) is 0 Å². The number of benzene rings is 2. The minimum Gasteiger partial charge on any atom is -0.267 e. The lowest BCUT2D eigenvalue weighted by molar-refractivity contribution is 0.601. The topological polar surface area (TPSA) is 78.0 Å². The number of aryl methyl sites for hydroxylation is 2. The van der Waals surface area contributed by atoms with Crippen LogP contribution in [0.4, 0.5) is 0 Å². The lowest BCUT2D eigenvalue weighted by Crippen LogP contribution is -2.25. The van der Waals surface area contributed by atoms with Crippen LogP contribution in [0.2, 0.25) is 0 Å². The summed E-state index contributed by atoms with van der Waals surface area (Å²) in [5.74, 6) is 1.40. The lowest BCUT2D eigenvalue weighted by Gasteiger charge is -2.12. The molecule has 0 saturated carbocycles. The third-order valence-corrected chi connectivity index (χ3v) is 5.39. The molecule has 7 nitrogen and oxygen atoms in total. The van der Waals surface area contributed by atoms with Crippen LogP contribution in [0.25, 0.3) is 22.0 Å². The maximum Gasteiger partial charge on any atom is 0.275 e. The molecule has 3 heterocycles. The van der Waals surface area contributed by atoms with Crippen molar-refractivity contribution in [2.24, 2.45) is 5.10 Å².